The summed E-state index contributed by atoms with van der Waals surface area (Å²) < 4.78 is 0. The first-order chi connectivity index (χ1) is 12.5. The fraction of sp³-hybridized carbons (Fsp3) is 0. The van der Waals surface area contributed by atoms with Crippen LogP contribution in [0.3, 0.4) is 0 Å². The van der Waals surface area contributed by atoms with Gasteiger partial charge in [0.1, 0.15) is 5.82 Å². The lowest BCUT2D eigenvalue weighted by Gasteiger charge is -2.10. The highest BCUT2D eigenvalue weighted by molar-refractivity contribution is 7.99. The molecule has 6 nitrogen and oxygen atoms in total. The zero-order valence-corrected chi connectivity index (χ0v) is 14.8. The van der Waals surface area contributed by atoms with E-state index in [1.54, 1.807) is 42.6 Å². The number of non-ortho nitro benzene ring substituents is 1. The van der Waals surface area contributed by atoms with Crippen LogP contribution in [0.5, 0.6) is 0 Å². The number of rotatable bonds is 5. The lowest BCUT2D eigenvalue weighted by molar-refractivity contribution is -0.384. The smallest absolute Gasteiger partial charge is 0.270 e. The fourth-order valence-electron chi connectivity index (χ4n) is 2.15. The van der Waals surface area contributed by atoms with Crippen LogP contribution in [0.1, 0.15) is 10.4 Å². The largest absolute Gasteiger partial charge is 0.307 e. The van der Waals surface area contributed by atoms with Crippen LogP contribution in [0.2, 0.25) is 5.02 Å². The predicted molar refractivity (Wildman–Crippen MR) is 101 cm³/mol. The van der Waals surface area contributed by atoms with Crippen molar-refractivity contribution in [2.75, 3.05) is 5.32 Å². The van der Waals surface area contributed by atoms with E-state index in [0.29, 0.717) is 15.7 Å². The number of pyridine rings is 1. The number of nitro benzene ring substituents is 1. The van der Waals surface area contributed by atoms with Crippen LogP contribution in [-0.2, 0) is 0 Å². The topological polar surface area (TPSA) is 85.1 Å². The van der Waals surface area contributed by atoms with Gasteiger partial charge < -0.3 is 5.32 Å². The number of halogens is 1. The molecule has 1 aromatic heterocycles. The summed E-state index contributed by atoms with van der Waals surface area (Å²) in [6, 6.07) is 16.4. The van der Waals surface area contributed by atoms with Gasteiger partial charge in [0.15, 0.2) is 0 Å². The van der Waals surface area contributed by atoms with Gasteiger partial charge in [0, 0.05) is 33.1 Å². The van der Waals surface area contributed by atoms with Gasteiger partial charge in [-0.3, -0.25) is 14.9 Å². The molecule has 1 N–H and O–H groups in total. The second-order valence-corrected chi connectivity index (χ2v) is 6.71. The second-order valence-electron chi connectivity index (χ2n) is 5.16. The number of anilines is 1. The Morgan fingerprint density at radius 3 is 2.54 bits per heavy atom. The van der Waals surface area contributed by atoms with Crippen molar-refractivity contribution in [1.82, 2.24) is 4.98 Å². The molecule has 0 saturated carbocycles. The first-order valence-corrected chi connectivity index (χ1v) is 8.66. The summed E-state index contributed by atoms with van der Waals surface area (Å²) in [5.74, 6) is -0.102. The third kappa shape index (κ3) is 4.38. The molecule has 1 heterocycles. The average molecular weight is 386 g/mol. The molecular formula is C18H12ClN3O3S. The molecule has 3 aromatic rings. The Bertz CT molecular complexity index is 950. The van der Waals surface area contributed by atoms with Gasteiger partial charge in [-0.25, -0.2) is 4.98 Å². The Kier molecular flexibility index (Phi) is 5.50. The van der Waals surface area contributed by atoms with Crippen LogP contribution in [0.25, 0.3) is 0 Å². The Balaban J connectivity index is 1.94. The number of aromatic nitrogens is 1. The highest BCUT2D eigenvalue weighted by atomic mass is 35.5. The van der Waals surface area contributed by atoms with E-state index in [1.165, 1.54) is 23.9 Å². The summed E-state index contributed by atoms with van der Waals surface area (Å²) in [6.45, 7) is 0. The molecule has 0 aliphatic carbocycles. The summed E-state index contributed by atoms with van der Waals surface area (Å²) >= 11 is 7.21. The van der Waals surface area contributed by atoms with Crippen LogP contribution in [0, 0.1) is 10.1 Å². The third-order valence-corrected chi connectivity index (χ3v) is 4.70. The van der Waals surface area contributed by atoms with Crippen molar-refractivity contribution in [3.63, 3.8) is 0 Å². The maximum atomic E-state index is 12.6. The summed E-state index contributed by atoms with van der Waals surface area (Å²) in [5.41, 5.74) is 0.0430. The number of nitro groups is 1. The number of nitrogens with zero attached hydrogens (tertiary/aromatic N) is 2. The van der Waals surface area contributed by atoms with Gasteiger partial charge in [0.25, 0.3) is 11.6 Å². The molecular weight excluding hydrogens is 374 g/mol. The van der Waals surface area contributed by atoms with Gasteiger partial charge in [0.2, 0.25) is 0 Å². The standard InChI is InChI=1S/C18H12ClN3O3S/c19-12-4-7-14(8-5-12)26-16-9-6-13(22(24)25)11-15(16)18(23)21-17-3-1-2-10-20-17/h1-11H,(H,20,21,23). The van der Waals surface area contributed by atoms with Gasteiger partial charge in [-0.15, -0.1) is 0 Å². The molecule has 130 valence electrons. The van der Waals surface area contributed by atoms with Crippen molar-refractivity contribution < 1.29 is 9.72 Å². The lowest BCUT2D eigenvalue weighted by Crippen LogP contribution is -2.14. The summed E-state index contributed by atoms with van der Waals surface area (Å²) in [7, 11) is 0. The van der Waals surface area contributed by atoms with E-state index in [1.807, 2.05) is 12.1 Å². The van der Waals surface area contributed by atoms with E-state index in [-0.39, 0.29) is 11.3 Å². The summed E-state index contributed by atoms with van der Waals surface area (Å²) in [4.78, 5) is 28.7. The minimum absolute atomic E-state index is 0.156. The van der Waals surface area contributed by atoms with E-state index in [4.69, 9.17) is 11.6 Å². The van der Waals surface area contributed by atoms with E-state index in [0.717, 1.165) is 4.90 Å². The van der Waals surface area contributed by atoms with Gasteiger partial charge in [-0.05, 0) is 42.5 Å². The van der Waals surface area contributed by atoms with Crippen molar-refractivity contribution in [1.29, 1.82) is 0 Å². The molecule has 0 radical (unpaired) electrons. The minimum Gasteiger partial charge on any atom is -0.307 e. The van der Waals surface area contributed by atoms with Gasteiger partial charge in [-0.2, -0.15) is 0 Å². The SMILES string of the molecule is O=C(Nc1ccccn1)c1cc([N+](=O)[O-])ccc1Sc1ccc(Cl)cc1. The number of benzene rings is 2. The average Bonchev–Trinajstić information content (AvgIpc) is 2.64. The zero-order valence-electron chi connectivity index (χ0n) is 13.3. The van der Waals surface area contributed by atoms with Crippen molar-refractivity contribution in [2.45, 2.75) is 9.79 Å². The number of nitrogens with one attached hydrogen (secondary N) is 1. The number of hydrogen-bond acceptors (Lipinski definition) is 5. The Labute approximate surface area is 158 Å². The molecule has 0 saturated heterocycles. The maximum Gasteiger partial charge on any atom is 0.270 e. The van der Waals surface area contributed by atoms with Crippen molar-refractivity contribution in [3.8, 4) is 0 Å². The Morgan fingerprint density at radius 2 is 1.88 bits per heavy atom. The fourth-order valence-corrected chi connectivity index (χ4v) is 3.20. The molecule has 0 aliphatic heterocycles. The van der Waals surface area contributed by atoms with Crippen LogP contribution in [-0.4, -0.2) is 15.8 Å². The molecule has 0 spiro atoms. The number of hydrogen-bond donors (Lipinski definition) is 1. The first-order valence-electron chi connectivity index (χ1n) is 7.47. The Morgan fingerprint density at radius 1 is 1.12 bits per heavy atom. The van der Waals surface area contributed by atoms with Crippen LogP contribution in [0.15, 0.2) is 76.7 Å². The molecule has 0 bridgehead atoms. The molecule has 2 aromatic carbocycles. The predicted octanol–water partition coefficient (Wildman–Crippen LogP) is 5.05. The van der Waals surface area contributed by atoms with Crippen LogP contribution >= 0.6 is 23.4 Å². The quantitative estimate of drug-likeness (QED) is 0.490. The maximum absolute atomic E-state index is 12.6. The summed E-state index contributed by atoms with van der Waals surface area (Å²) in [6.07, 6.45) is 1.55. The molecule has 1 amide bonds. The van der Waals surface area contributed by atoms with Crippen molar-refractivity contribution in [2.24, 2.45) is 0 Å². The zero-order chi connectivity index (χ0) is 18.5. The van der Waals surface area contributed by atoms with E-state index >= 15 is 0 Å². The molecule has 0 unspecified atom stereocenters. The van der Waals surface area contributed by atoms with E-state index in [2.05, 4.69) is 10.3 Å². The lowest BCUT2D eigenvalue weighted by atomic mass is 10.2. The van der Waals surface area contributed by atoms with Crippen LogP contribution < -0.4 is 5.32 Å². The monoisotopic (exact) mass is 385 g/mol. The number of carbonyl (C=O) groups excluding carboxylic acids is 1. The first kappa shape index (κ1) is 17.9. The molecule has 26 heavy (non-hydrogen) atoms. The third-order valence-electron chi connectivity index (χ3n) is 3.37. The van der Waals surface area contributed by atoms with E-state index in [9.17, 15) is 14.9 Å². The summed E-state index contributed by atoms with van der Waals surface area (Å²) in [5, 5.41) is 14.3. The number of amides is 1. The molecule has 0 atom stereocenters. The van der Waals surface area contributed by atoms with Gasteiger partial charge in [-0.1, -0.05) is 29.4 Å². The van der Waals surface area contributed by atoms with Crippen molar-refractivity contribution in [3.05, 3.63) is 87.6 Å². The number of carbonyl (C=O) groups is 1. The second kappa shape index (κ2) is 7.99. The van der Waals surface area contributed by atoms with Gasteiger partial charge >= 0.3 is 0 Å². The molecule has 0 aliphatic rings. The molecule has 8 heteroatoms. The highest BCUT2D eigenvalue weighted by Crippen LogP contribution is 2.33. The van der Waals surface area contributed by atoms with E-state index < -0.39 is 10.8 Å². The van der Waals surface area contributed by atoms with Crippen molar-refractivity contribution >= 4 is 40.8 Å². The molecule has 0 fully saturated rings. The molecule has 3 rings (SSSR count). The Hall–Kier alpha value is -2.90. The van der Waals surface area contributed by atoms with Gasteiger partial charge in [0.05, 0.1) is 10.5 Å². The minimum atomic E-state index is -0.533. The normalized spacial score (nSPS) is 10.3. The van der Waals surface area contributed by atoms with Crippen LogP contribution in [0.4, 0.5) is 11.5 Å². The highest BCUT2D eigenvalue weighted by Gasteiger charge is 2.18.